The first-order valence-electron chi connectivity index (χ1n) is 3.37. The van der Waals surface area contributed by atoms with Crippen LogP contribution in [-0.2, 0) is 32.1 Å². The van der Waals surface area contributed by atoms with Crippen molar-refractivity contribution in [1.82, 2.24) is 0 Å². The molecule has 0 aromatic heterocycles. The van der Waals surface area contributed by atoms with E-state index in [1.54, 1.807) is 6.07 Å². The quantitative estimate of drug-likeness (QED) is 0.460. The van der Waals surface area contributed by atoms with E-state index in [0.717, 1.165) is 0 Å². The molecule has 0 saturated heterocycles. The number of benzene rings is 1. The van der Waals surface area contributed by atoms with Crippen LogP contribution in [0.3, 0.4) is 0 Å². The minimum absolute atomic E-state index is 0. The Morgan fingerprint density at radius 1 is 0.800 bits per heavy atom. The number of rotatable bonds is 0. The van der Waals surface area contributed by atoms with Crippen molar-refractivity contribution in [2.75, 3.05) is 0 Å². The summed E-state index contributed by atoms with van der Waals surface area (Å²) in [6.07, 6.45) is -9.56. The van der Waals surface area contributed by atoms with Crippen LogP contribution in [-0.4, -0.2) is 0 Å². The van der Waals surface area contributed by atoms with E-state index in [1.807, 2.05) is 0 Å². The zero-order valence-corrected chi connectivity index (χ0v) is 9.39. The number of halogens is 6. The predicted molar refractivity (Wildman–Crippen MR) is 35.3 cm³/mol. The Kier molecular flexibility index (Phi) is 4.35. The van der Waals surface area contributed by atoms with Crippen molar-refractivity contribution in [2.45, 2.75) is 12.4 Å². The van der Waals surface area contributed by atoms with Gasteiger partial charge in [0.05, 0.1) is 0 Å². The molecule has 0 bridgehead atoms. The normalized spacial score (nSPS) is 12.1. The molecule has 1 rings (SSSR count). The van der Waals surface area contributed by atoms with Crippen LogP contribution >= 0.6 is 0 Å². The van der Waals surface area contributed by atoms with Crippen LogP contribution in [0.2, 0.25) is 0 Å². The Balaban J connectivity index is 0.00000196. The standard InChI is InChI=1S/C8H3F6.Os/c9-7(10,11)5-2-1-3-6(4-5)8(12,13)14;/h2-4H;/q-1;. The Labute approximate surface area is 94.3 Å². The molecule has 0 spiro atoms. The van der Waals surface area contributed by atoms with Crippen LogP contribution in [0, 0.1) is 6.07 Å². The molecule has 0 radical (unpaired) electrons. The molecule has 0 aliphatic carbocycles. The van der Waals surface area contributed by atoms with Gasteiger partial charge in [-0.2, -0.15) is 44.5 Å². The third kappa shape index (κ3) is 3.82. The monoisotopic (exact) mass is 405 g/mol. The van der Waals surface area contributed by atoms with Gasteiger partial charge in [-0.15, -0.1) is 6.07 Å². The van der Waals surface area contributed by atoms with E-state index >= 15 is 0 Å². The summed E-state index contributed by atoms with van der Waals surface area (Å²) >= 11 is 0. The maximum atomic E-state index is 12.0. The van der Waals surface area contributed by atoms with Gasteiger partial charge in [0, 0.05) is 19.8 Å². The molecule has 0 aliphatic heterocycles. The first kappa shape index (κ1) is 14.4. The molecule has 0 heterocycles. The van der Waals surface area contributed by atoms with Crippen LogP contribution < -0.4 is 0 Å². The van der Waals surface area contributed by atoms with Gasteiger partial charge in [0.2, 0.25) is 0 Å². The van der Waals surface area contributed by atoms with Crippen molar-refractivity contribution < 1.29 is 46.1 Å². The van der Waals surface area contributed by atoms with E-state index in [1.165, 1.54) is 0 Å². The van der Waals surface area contributed by atoms with Gasteiger partial charge in [-0.3, -0.25) is 0 Å². The summed E-state index contributed by atoms with van der Waals surface area (Å²) in [4.78, 5) is 0. The summed E-state index contributed by atoms with van der Waals surface area (Å²) in [6.45, 7) is 0. The van der Waals surface area contributed by atoms with Gasteiger partial charge >= 0.3 is 12.4 Å². The first-order chi connectivity index (χ1) is 6.21. The van der Waals surface area contributed by atoms with Gasteiger partial charge in [-0.1, -0.05) is 11.1 Å². The van der Waals surface area contributed by atoms with Gasteiger partial charge in [0.15, 0.2) is 0 Å². The second-order valence-corrected chi connectivity index (χ2v) is 2.51. The summed E-state index contributed by atoms with van der Waals surface area (Å²) in [5.74, 6) is 0. The number of hydrogen-bond acceptors (Lipinski definition) is 0. The van der Waals surface area contributed by atoms with E-state index in [4.69, 9.17) is 0 Å². The zero-order valence-electron chi connectivity index (χ0n) is 6.85. The maximum absolute atomic E-state index is 12.0. The molecule has 0 fully saturated rings. The van der Waals surface area contributed by atoms with E-state index < -0.39 is 23.5 Å². The van der Waals surface area contributed by atoms with Gasteiger partial charge in [0.25, 0.3) is 0 Å². The molecular formula is C8H3F6Os-. The molecule has 0 nitrogen and oxygen atoms in total. The SMILES string of the molecule is FC(F)(F)c1c[c-]cc(C(F)(F)F)c1.[Os]. The van der Waals surface area contributed by atoms with Gasteiger partial charge in [0.1, 0.15) is 0 Å². The third-order valence-corrected chi connectivity index (χ3v) is 1.44. The minimum Gasteiger partial charge on any atom is -0.183 e. The van der Waals surface area contributed by atoms with E-state index in [9.17, 15) is 26.3 Å². The largest absolute Gasteiger partial charge is 0.370 e. The van der Waals surface area contributed by atoms with Crippen LogP contribution in [0.1, 0.15) is 11.1 Å². The van der Waals surface area contributed by atoms with E-state index in [2.05, 4.69) is 0 Å². The van der Waals surface area contributed by atoms with Crippen molar-refractivity contribution in [3.05, 3.63) is 35.4 Å². The maximum Gasteiger partial charge on any atom is 0.370 e. The molecule has 0 amide bonds. The average molecular weight is 403 g/mol. The molecule has 86 valence electrons. The Morgan fingerprint density at radius 3 is 1.40 bits per heavy atom. The van der Waals surface area contributed by atoms with E-state index in [0.29, 0.717) is 12.1 Å². The third-order valence-electron chi connectivity index (χ3n) is 1.44. The second-order valence-electron chi connectivity index (χ2n) is 2.51. The molecule has 1 aromatic rings. The second kappa shape index (κ2) is 4.52. The molecule has 0 aliphatic rings. The van der Waals surface area contributed by atoms with Crippen LogP contribution in [0.25, 0.3) is 0 Å². The molecule has 15 heavy (non-hydrogen) atoms. The topological polar surface area (TPSA) is 0 Å². The zero-order chi connectivity index (χ0) is 11.0. The molecule has 0 atom stereocenters. The number of alkyl halides is 6. The molecule has 0 saturated carbocycles. The predicted octanol–water partition coefficient (Wildman–Crippen LogP) is 3.52. The van der Waals surface area contributed by atoms with Gasteiger partial charge in [-0.05, 0) is 0 Å². The molecule has 7 heteroatoms. The Morgan fingerprint density at radius 2 is 1.13 bits per heavy atom. The van der Waals surface area contributed by atoms with Gasteiger partial charge < -0.3 is 0 Å². The van der Waals surface area contributed by atoms with Crippen LogP contribution in [0.5, 0.6) is 0 Å². The van der Waals surface area contributed by atoms with Crippen molar-refractivity contribution in [3.8, 4) is 0 Å². The minimum atomic E-state index is -4.78. The summed E-state index contributed by atoms with van der Waals surface area (Å²) in [6, 6.07) is 2.79. The molecule has 0 unspecified atom stereocenters. The van der Waals surface area contributed by atoms with Gasteiger partial charge in [-0.25, -0.2) is 0 Å². The summed E-state index contributed by atoms with van der Waals surface area (Å²) in [5, 5.41) is 0. The Hall–Kier alpha value is -0.564. The summed E-state index contributed by atoms with van der Waals surface area (Å²) < 4.78 is 71.8. The fourth-order valence-electron chi connectivity index (χ4n) is 0.799. The van der Waals surface area contributed by atoms with Crippen LogP contribution in [0.15, 0.2) is 18.2 Å². The molecular weight excluding hydrogens is 400 g/mol. The Bertz CT molecular complexity index is 297. The van der Waals surface area contributed by atoms with Crippen molar-refractivity contribution >= 4 is 0 Å². The number of hydrogen-bond donors (Lipinski definition) is 0. The van der Waals surface area contributed by atoms with Crippen LogP contribution in [0.4, 0.5) is 26.3 Å². The van der Waals surface area contributed by atoms with Crippen molar-refractivity contribution in [1.29, 1.82) is 0 Å². The van der Waals surface area contributed by atoms with Crippen molar-refractivity contribution in [2.24, 2.45) is 0 Å². The summed E-state index contributed by atoms with van der Waals surface area (Å²) in [5.41, 5.74) is -2.71. The fraction of sp³-hybridized carbons (Fsp3) is 0.250. The van der Waals surface area contributed by atoms with Crippen molar-refractivity contribution in [3.63, 3.8) is 0 Å². The molecule has 0 N–H and O–H groups in total. The first-order valence-corrected chi connectivity index (χ1v) is 3.37. The summed E-state index contributed by atoms with van der Waals surface area (Å²) in [7, 11) is 0. The smallest absolute Gasteiger partial charge is 0.183 e. The van der Waals surface area contributed by atoms with E-state index in [-0.39, 0.29) is 25.9 Å². The fourth-order valence-corrected chi connectivity index (χ4v) is 0.799. The average Bonchev–Trinajstić information content (AvgIpc) is 2.01. The molecule has 1 aromatic carbocycles.